The highest BCUT2D eigenvalue weighted by Gasteiger charge is 2.26. The lowest BCUT2D eigenvalue weighted by atomic mass is 10.1. The average Bonchev–Trinajstić information content (AvgIpc) is 3.25. The van der Waals surface area contributed by atoms with Crippen molar-refractivity contribution in [2.45, 2.75) is 18.9 Å². The van der Waals surface area contributed by atoms with Crippen molar-refractivity contribution in [2.75, 3.05) is 20.2 Å². The number of benzene rings is 1. The lowest BCUT2D eigenvalue weighted by Crippen LogP contribution is -2.42. The van der Waals surface area contributed by atoms with E-state index in [1.54, 1.807) is 18.3 Å². The van der Waals surface area contributed by atoms with Gasteiger partial charge in [-0.05, 0) is 6.07 Å². The van der Waals surface area contributed by atoms with Crippen LogP contribution in [0, 0.1) is 0 Å². The summed E-state index contributed by atoms with van der Waals surface area (Å²) in [6.07, 6.45) is 3.07. The minimum Gasteiger partial charge on any atom is -0.474 e. The first kappa shape index (κ1) is 18.0. The van der Waals surface area contributed by atoms with E-state index in [0.29, 0.717) is 24.7 Å². The third-order valence-corrected chi connectivity index (χ3v) is 4.68. The summed E-state index contributed by atoms with van der Waals surface area (Å²) in [5, 5.41) is 7.13. The Kier molecular flexibility index (Phi) is 5.18. The van der Waals surface area contributed by atoms with Gasteiger partial charge in [0.1, 0.15) is 11.8 Å². The average molecular weight is 379 g/mol. The smallest absolute Gasteiger partial charge is 0.319 e. The minimum absolute atomic E-state index is 0.00491. The van der Waals surface area contributed by atoms with Crippen molar-refractivity contribution >= 4 is 5.91 Å². The first-order chi connectivity index (χ1) is 13.7. The Balaban J connectivity index is 1.34. The molecule has 0 unspecified atom stereocenters. The monoisotopic (exact) mass is 379 g/mol. The van der Waals surface area contributed by atoms with E-state index in [-0.39, 0.29) is 18.0 Å². The van der Waals surface area contributed by atoms with Gasteiger partial charge in [0.15, 0.2) is 0 Å². The van der Waals surface area contributed by atoms with Crippen LogP contribution in [0.1, 0.15) is 23.3 Å². The third-order valence-electron chi connectivity index (χ3n) is 4.68. The van der Waals surface area contributed by atoms with E-state index in [0.717, 1.165) is 24.1 Å². The maximum absolute atomic E-state index is 12.8. The van der Waals surface area contributed by atoms with Gasteiger partial charge in [-0.2, -0.15) is 10.1 Å². The molecule has 1 N–H and O–H groups in total. The summed E-state index contributed by atoms with van der Waals surface area (Å²) in [5.74, 6) is 0.439. The van der Waals surface area contributed by atoms with Crippen LogP contribution < -0.4 is 9.47 Å². The first-order valence-corrected chi connectivity index (χ1v) is 9.17. The van der Waals surface area contributed by atoms with E-state index in [2.05, 4.69) is 20.2 Å². The summed E-state index contributed by atoms with van der Waals surface area (Å²) in [6.45, 7) is 1.23. The molecule has 144 valence electrons. The van der Waals surface area contributed by atoms with Gasteiger partial charge in [0.2, 0.25) is 5.88 Å². The van der Waals surface area contributed by atoms with Crippen molar-refractivity contribution < 1.29 is 14.3 Å². The van der Waals surface area contributed by atoms with Gasteiger partial charge in [-0.1, -0.05) is 30.3 Å². The Morgan fingerprint density at radius 2 is 1.96 bits per heavy atom. The highest BCUT2D eigenvalue weighted by molar-refractivity contribution is 5.93. The number of rotatable bonds is 5. The molecule has 0 atom stereocenters. The molecule has 3 aromatic rings. The number of amides is 1. The summed E-state index contributed by atoms with van der Waals surface area (Å²) in [4.78, 5) is 22.7. The number of nitrogens with one attached hydrogen (secondary N) is 1. The molecule has 1 amide bonds. The van der Waals surface area contributed by atoms with Gasteiger partial charge < -0.3 is 14.4 Å². The zero-order chi connectivity index (χ0) is 19.3. The molecule has 0 bridgehead atoms. The van der Waals surface area contributed by atoms with Crippen molar-refractivity contribution in [3.63, 3.8) is 0 Å². The summed E-state index contributed by atoms with van der Waals surface area (Å²) in [5.41, 5.74) is 2.24. The predicted molar refractivity (Wildman–Crippen MR) is 102 cm³/mol. The van der Waals surface area contributed by atoms with Crippen molar-refractivity contribution in [1.82, 2.24) is 25.1 Å². The number of piperidine rings is 1. The predicted octanol–water partition coefficient (Wildman–Crippen LogP) is 2.56. The normalized spacial score (nSPS) is 14.7. The summed E-state index contributed by atoms with van der Waals surface area (Å²) < 4.78 is 10.9. The Bertz CT molecular complexity index is 936. The van der Waals surface area contributed by atoms with Crippen LogP contribution in [0.25, 0.3) is 11.3 Å². The van der Waals surface area contributed by atoms with Crippen molar-refractivity contribution in [3.8, 4) is 23.1 Å². The maximum atomic E-state index is 12.8. The molecule has 1 aliphatic rings. The van der Waals surface area contributed by atoms with E-state index in [9.17, 15) is 4.79 Å². The molecule has 2 aromatic heterocycles. The Hall–Kier alpha value is -3.42. The topological polar surface area (TPSA) is 93.2 Å². The summed E-state index contributed by atoms with van der Waals surface area (Å²) in [7, 11) is 1.52. The number of hydrogen-bond acceptors (Lipinski definition) is 6. The number of likely N-dealkylation sites (tertiary alicyclic amines) is 1. The van der Waals surface area contributed by atoms with Gasteiger partial charge >= 0.3 is 6.01 Å². The second-order valence-electron chi connectivity index (χ2n) is 6.52. The van der Waals surface area contributed by atoms with Crippen molar-refractivity contribution in [1.29, 1.82) is 0 Å². The molecular weight excluding hydrogens is 358 g/mol. The highest BCUT2D eigenvalue weighted by Crippen LogP contribution is 2.21. The zero-order valence-corrected chi connectivity index (χ0v) is 15.5. The molecule has 0 radical (unpaired) electrons. The van der Waals surface area contributed by atoms with E-state index >= 15 is 0 Å². The molecule has 0 saturated carbocycles. The quantitative estimate of drug-likeness (QED) is 0.732. The van der Waals surface area contributed by atoms with Gasteiger partial charge in [0, 0.05) is 43.8 Å². The molecule has 1 saturated heterocycles. The van der Waals surface area contributed by atoms with Crippen LogP contribution in [0.3, 0.4) is 0 Å². The summed E-state index contributed by atoms with van der Waals surface area (Å²) in [6, 6.07) is 13.6. The van der Waals surface area contributed by atoms with Crippen LogP contribution in [-0.2, 0) is 0 Å². The Labute approximate surface area is 162 Å². The molecule has 3 heterocycles. The second kappa shape index (κ2) is 8.08. The third kappa shape index (κ3) is 3.95. The fourth-order valence-electron chi connectivity index (χ4n) is 3.20. The van der Waals surface area contributed by atoms with E-state index in [4.69, 9.17) is 9.47 Å². The molecule has 8 heteroatoms. The molecule has 1 aliphatic heterocycles. The lowest BCUT2D eigenvalue weighted by Gasteiger charge is -2.31. The first-order valence-electron chi connectivity index (χ1n) is 9.17. The van der Waals surface area contributed by atoms with Gasteiger partial charge in [-0.3, -0.25) is 9.89 Å². The molecule has 0 aliphatic carbocycles. The molecule has 8 nitrogen and oxygen atoms in total. The van der Waals surface area contributed by atoms with Crippen LogP contribution in [0.2, 0.25) is 0 Å². The molecule has 1 aromatic carbocycles. The molecule has 1 fully saturated rings. The van der Waals surface area contributed by atoms with Crippen molar-refractivity contribution in [2.24, 2.45) is 0 Å². The lowest BCUT2D eigenvalue weighted by molar-refractivity contribution is 0.0581. The fraction of sp³-hybridized carbons (Fsp3) is 0.300. The highest BCUT2D eigenvalue weighted by atomic mass is 16.5. The van der Waals surface area contributed by atoms with E-state index < -0.39 is 0 Å². The standard InChI is InChI=1S/C20H21N5O3/c1-27-20-21-10-7-18(22-20)28-15-8-11-25(12-9-15)19(26)17-13-16(23-24-17)14-5-3-2-4-6-14/h2-7,10,13,15H,8-9,11-12H2,1H3,(H,23,24). The van der Waals surface area contributed by atoms with Gasteiger partial charge in [-0.25, -0.2) is 4.98 Å². The number of aromatic amines is 1. The SMILES string of the molecule is COc1nccc(OC2CCN(C(=O)c3cc(-c4ccccc4)n[nH]3)CC2)n1. The van der Waals surface area contributed by atoms with Gasteiger partial charge in [0.25, 0.3) is 5.91 Å². The number of aromatic nitrogens is 4. The van der Waals surface area contributed by atoms with Gasteiger partial charge in [-0.15, -0.1) is 0 Å². The van der Waals surface area contributed by atoms with Crippen LogP contribution in [0.5, 0.6) is 11.9 Å². The number of carbonyl (C=O) groups excluding carboxylic acids is 1. The van der Waals surface area contributed by atoms with Crippen LogP contribution in [0.4, 0.5) is 0 Å². The minimum atomic E-state index is -0.0446. The number of H-pyrrole nitrogens is 1. The maximum Gasteiger partial charge on any atom is 0.319 e. The zero-order valence-electron chi connectivity index (χ0n) is 15.5. The van der Waals surface area contributed by atoms with Gasteiger partial charge in [0.05, 0.1) is 12.8 Å². The van der Waals surface area contributed by atoms with Crippen molar-refractivity contribution in [3.05, 3.63) is 54.4 Å². The summed E-state index contributed by atoms with van der Waals surface area (Å²) >= 11 is 0. The van der Waals surface area contributed by atoms with Crippen LogP contribution in [-0.4, -0.2) is 57.3 Å². The van der Waals surface area contributed by atoms with Crippen LogP contribution >= 0.6 is 0 Å². The number of ether oxygens (including phenoxy) is 2. The number of nitrogens with zero attached hydrogens (tertiary/aromatic N) is 4. The second-order valence-corrected chi connectivity index (χ2v) is 6.52. The largest absolute Gasteiger partial charge is 0.474 e. The van der Waals surface area contributed by atoms with Crippen LogP contribution in [0.15, 0.2) is 48.7 Å². The Morgan fingerprint density at radius 3 is 2.71 bits per heavy atom. The fourth-order valence-corrected chi connectivity index (χ4v) is 3.20. The van der Waals surface area contributed by atoms with E-state index in [1.807, 2.05) is 35.2 Å². The molecule has 28 heavy (non-hydrogen) atoms. The number of carbonyl (C=O) groups is 1. The number of methoxy groups -OCH3 is 1. The Morgan fingerprint density at radius 1 is 1.18 bits per heavy atom. The molecule has 4 rings (SSSR count). The molecular formula is C20H21N5O3. The number of hydrogen-bond donors (Lipinski definition) is 1. The molecule has 0 spiro atoms. The van der Waals surface area contributed by atoms with E-state index in [1.165, 1.54) is 7.11 Å².